The Hall–Kier alpha value is -2.60. The summed E-state index contributed by atoms with van der Waals surface area (Å²) in [6, 6.07) is 7.82. The Morgan fingerprint density at radius 1 is 1.13 bits per heavy atom. The topological polar surface area (TPSA) is 69.2 Å². The molecule has 2 aromatic heterocycles. The van der Waals surface area contributed by atoms with Crippen LogP contribution in [0.1, 0.15) is 31.4 Å². The predicted molar refractivity (Wildman–Crippen MR) is 87.9 cm³/mol. The number of thiophene rings is 1. The highest BCUT2D eigenvalue weighted by Crippen LogP contribution is 2.30. The zero-order valence-corrected chi connectivity index (χ0v) is 13.5. The Balaban J connectivity index is 1.72. The number of carbonyl (C=O) groups is 2. The number of esters is 1. The molecule has 0 N–H and O–H groups in total. The van der Waals surface area contributed by atoms with Gasteiger partial charge < -0.3 is 4.74 Å². The fourth-order valence-corrected chi connectivity index (χ4v) is 3.34. The number of aryl methyl sites for hydroxylation is 2. The van der Waals surface area contributed by atoms with E-state index in [-0.39, 0.29) is 18.1 Å². The Bertz CT molecular complexity index is 884. The smallest absolute Gasteiger partial charge is 0.358 e. The number of hydrogen-bond donors (Lipinski definition) is 0. The minimum atomic E-state index is -0.649. The molecule has 0 saturated heterocycles. The van der Waals surface area contributed by atoms with Crippen molar-refractivity contribution < 1.29 is 14.3 Å². The molecule has 0 fully saturated rings. The lowest BCUT2D eigenvalue weighted by Crippen LogP contribution is -2.15. The first-order valence-electron chi connectivity index (χ1n) is 7.03. The molecule has 0 aliphatic heterocycles. The van der Waals surface area contributed by atoms with E-state index in [9.17, 15) is 9.59 Å². The fraction of sp³-hybridized carbons (Fsp3) is 0.176. The van der Waals surface area contributed by atoms with Crippen LogP contribution in [0.3, 0.4) is 0 Å². The van der Waals surface area contributed by atoms with Crippen molar-refractivity contribution >= 4 is 33.2 Å². The first-order valence-corrected chi connectivity index (χ1v) is 7.85. The molecule has 23 heavy (non-hydrogen) atoms. The van der Waals surface area contributed by atoms with Crippen LogP contribution < -0.4 is 0 Å². The van der Waals surface area contributed by atoms with Gasteiger partial charge in [-0.1, -0.05) is 18.2 Å². The van der Waals surface area contributed by atoms with E-state index >= 15 is 0 Å². The molecule has 0 radical (unpaired) electrons. The van der Waals surface area contributed by atoms with Gasteiger partial charge in [0.15, 0.2) is 12.3 Å². The van der Waals surface area contributed by atoms with E-state index in [2.05, 4.69) is 9.97 Å². The van der Waals surface area contributed by atoms with Crippen molar-refractivity contribution in [2.45, 2.75) is 13.8 Å². The second-order valence-electron chi connectivity index (χ2n) is 5.09. The quantitative estimate of drug-likeness (QED) is 0.543. The van der Waals surface area contributed by atoms with E-state index in [1.54, 1.807) is 6.92 Å². The molecule has 0 atom stereocenters. The molecule has 1 aromatic carbocycles. The lowest BCUT2D eigenvalue weighted by Gasteiger charge is -2.03. The van der Waals surface area contributed by atoms with Crippen molar-refractivity contribution in [1.82, 2.24) is 9.97 Å². The standard InChI is InChI=1S/C17H14N2O3S/c1-10-7-19-13(8-18-10)17(21)22-9-14(20)16-11(2)12-5-3-4-6-15(12)23-16/h3-8H,9H2,1-2H3. The largest absolute Gasteiger partial charge is 0.452 e. The summed E-state index contributed by atoms with van der Waals surface area (Å²) >= 11 is 1.41. The van der Waals surface area contributed by atoms with Crippen LogP contribution in [0.15, 0.2) is 36.7 Å². The molecule has 2 heterocycles. The molecule has 6 heteroatoms. The second kappa shape index (κ2) is 6.26. The summed E-state index contributed by atoms with van der Waals surface area (Å²) in [6.45, 7) is 3.37. The summed E-state index contributed by atoms with van der Waals surface area (Å²) in [5.41, 5.74) is 1.72. The van der Waals surface area contributed by atoms with Crippen molar-refractivity contribution in [3.05, 3.63) is 58.5 Å². The molecular formula is C17H14N2O3S. The number of hydrogen-bond acceptors (Lipinski definition) is 6. The van der Waals surface area contributed by atoms with Gasteiger partial charge in [-0.25, -0.2) is 9.78 Å². The summed E-state index contributed by atoms with van der Waals surface area (Å²) in [4.78, 5) is 32.7. The third kappa shape index (κ3) is 3.12. The third-order valence-corrected chi connectivity index (χ3v) is 4.74. The van der Waals surface area contributed by atoms with E-state index < -0.39 is 5.97 Å². The van der Waals surface area contributed by atoms with Crippen LogP contribution in [0, 0.1) is 13.8 Å². The number of fused-ring (bicyclic) bond motifs is 1. The summed E-state index contributed by atoms with van der Waals surface area (Å²) in [5, 5.41) is 1.05. The Morgan fingerprint density at radius 2 is 1.91 bits per heavy atom. The zero-order chi connectivity index (χ0) is 16.4. The lowest BCUT2D eigenvalue weighted by molar-refractivity contribution is 0.0469. The average molecular weight is 326 g/mol. The van der Waals surface area contributed by atoms with Gasteiger partial charge in [-0.2, -0.15) is 0 Å². The average Bonchev–Trinajstić information content (AvgIpc) is 2.90. The monoisotopic (exact) mass is 326 g/mol. The van der Waals surface area contributed by atoms with Gasteiger partial charge in [-0.05, 0) is 30.9 Å². The molecule has 0 aliphatic carbocycles. The van der Waals surface area contributed by atoms with Crippen molar-refractivity contribution in [2.75, 3.05) is 6.61 Å². The van der Waals surface area contributed by atoms with Crippen molar-refractivity contribution in [3.8, 4) is 0 Å². The Labute approximate surface area is 137 Å². The Morgan fingerprint density at radius 3 is 2.61 bits per heavy atom. The van der Waals surface area contributed by atoms with Crippen LogP contribution in [0.5, 0.6) is 0 Å². The predicted octanol–water partition coefficient (Wildman–Crippen LogP) is 3.35. The van der Waals surface area contributed by atoms with Crippen molar-refractivity contribution in [3.63, 3.8) is 0 Å². The summed E-state index contributed by atoms with van der Waals surface area (Å²) in [7, 11) is 0. The van der Waals surface area contributed by atoms with E-state index in [1.807, 2.05) is 31.2 Å². The molecule has 0 bridgehead atoms. The summed E-state index contributed by atoms with van der Waals surface area (Å²) < 4.78 is 6.10. The van der Waals surface area contributed by atoms with Gasteiger partial charge >= 0.3 is 5.97 Å². The lowest BCUT2D eigenvalue weighted by atomic mass is 10.1. The number of Topliss-reactive ketones (excluding diaryl/α,β-unsaturated/α-hetero) is 1. The minimum absolute atomic E-state index is 0.0939. The van der Waals surface area contributed by atoms with E-state index in [4.69, 9.17) is 4.74 Å². The van der Waals surface area contributed by atoms with Crippen LogP contribution >= 0.6 is 11.3 Å². The van der Waals surface area contributed by atoms with Crippen LogP contribution in [-0.4, -0.2) is 28.3 Å². The van der Waals surface area contributed by atoms with Crippen LogP contribution in [-0.2, 0) is 4.74 Å². The fourth-order valence-electron chi connectivity index (χ4n) is 2.21. The summed E-state index contributed by atoms with van der Waals surface area (Å²) in [6.07, 6.45) is 2.82. The highest BCUT2D eigenvalue weighted by molar-refractivity contribution is 7.21. The maximum absolute atomic E-state index is 12.3. The number of aromatic nitrogens is 2. The van der Waals surface area contributed by atoms with E-state index in [1.165, 1.54) is 23.7 Å². The first kappa shape index (κ1) is 15.3. The number of ketones is 1. The van der Waals surface area contributed by atoms with Gasteiger partial charge in [0.25, 0.3) is 0 Å². The van der Waals surface area contributed by atoms with Crippen LogP contribution in [0.2, 0.25) is 0 Å². The van der Waals surface area contributed by atoms with Gasteiger partial charge in [0.1, 0.15) is 0 Å². The second-order valence-corrected chi connectivity index (χ2v) is 6.15. The molecule has 5 nitrogen and oxygen atoms in total. The number of nitrogens with zero attached hydrogens (tertiary/aromatic N) is 2. The molecular weight excluding hydrogens is 312 g/mol. The number of carbonyl (C=O) groups excluding carboxylic acids is 2. The third-order valence-electron chi connectivity index (χ3n) is 3.42. The van der Waals surface area contributed by atoms with Crippen molar-refractivity contribution in [1.29, 1.82) is 0 Å². The first-order chi connectivity index (χ1) is 11.1. The Kier molecular flexibility index (Phi) is 4.16. The SMILES string of the molecule is Cc1cnc(C(=O)OCC(=O)c2sc3ccccc3c2C)cn1. The van der Waals surface area contributed by atoms with Crippen LogP contribution in [0.4, 0.5) is 0 Å². The van der Waals surface area contributed by atoms with Crippen LogP contribution in [0.25, 0.3) is 10.1 Å². The van der Waals surface area contributed by atoms with Gasteiger partial charge in [0.05, 0.1) is 16.8 Å². The molecule has 116 valence electrons. The van der Waals surface area contributed by atoms with E-state index in [0.29, 0.717) is 10.6 Å². The van der Waals surface area contributed by atoms with Gasteiger partial charge in [-0.15, -0.1) is 11.3 Å². The highest BCUT2D eigenvalue weighted by Gasteiger charge is 2.18. The molecule has 0 unspecified atom stereocenters. The number of ether oxygens (including phenoxy) is 1. The number of rotatable bonds is 4. The molecule has 3 aromatic rings. The molecule has 3 rings (SSSR count). The molecule has 0 aliphatic rings. The zero-order valence-electron chi connectivity index (χ0n) is 12.7. The maximum atomic E-state index is 12.3. The number of benzene rings is 1. The van der Waals surface area contributed by atoms with E-state index in [0.717, 1.165) is 15.6 Å². The van der Waals surface area contributed by atoms with Crippen molar-refractivity contribution in [2.24, 2.45) is 0 Å². The van der Waals surface area contributed by atoms with Gasteiger partial charge in [0.2, 0.25) is 5.78 Å². The van der Waals surface area contributed by atoms with Gasteiger partial charge in [-0.3, -0.25) is 9.78 Å². The highest BCUT2D eigenvalue weighted by atomic mass is 32.1. The maximum Gasteiger partial charge on any atom is 0.358 e. The summed E-state index contributed by atoms with van der Waals surface area (Å²) in [5.74, 6) is -0.860. The van der Waals surface area contributed by atoms with Gasteiger partial charge in [0, 0.05) is 10.9 Å². The molecule has 0 saturated carbocycles. The minimum Gasteiger partial charge on any atom is -0.452 e. The normalized spacial score (nSPS) is 10.7. The molecule has 0 amide bonds. The molecule has 0 spiro atoms.